The monoisotopic (exact) mass is 341 g/mol. The van der Waals surface area contributed by atoms with Crippen LogP contribution >= 0.6 is 15.9 Å². The molecule has 1 aromatic rings. The van der Waals surface area contributed by atoms with Gasteiger partial charge in [0, 0.05) is 17.8 Å². The zero-order valence-electron chi connectivity index (χ0n) is 11.1. The van der Waals surface area contributed by atoms with Crippen LogP contribution in [0.3, 0.4) is 0 Å². The number of carbonyl (C=O) groups excluding carboxylic acids is 1. The van der Waals surface area contributed by atoms with Crippen molar-refractivity contribution < 1.29 is 19.4 Å². The van der Waals surface area contributed by atoms with Crippen LogP contribution < -0.4 is 4.74 Å². The summed E-state index contributed by atoms with van der Waals surface area (Å²) in [6.45, 7) is 0.531. The number of carboxylic acids is 1. The molecule has 2 unspecified atom stereocenters. The first-order valence-electron chi connectivity index (χ1n) is 6.30. The third-order valence-electron chi connectivity index (χ3n) is 3.36. The van der Waals surface area contributed by atoms with Crippen molar-refractivity contribution in [1.29, 1.82) is 0 Å². The number of alkyl halides is 1. The van der Waals surface area contributed by atoms with Crippen LogP contribution in [0.4, 0.5) is 0 Å². The Hall–Kier alpha value is -1.56. The molecule has 0 radical (unpaired) electrons. The van der Waals surface area contributed by atoms with Gasteiger partial charge in [0.25, 0.3) is 0 Å². The number of aliphatic carboxylic acids is 1. The molecule has 6 heteroatoms. The third kappa shape index (κ3) is 3.30. The van der Waals surface area contributed by atoms with Gasteiger partial charge in [-0.05, 0) is 17.7 Å². The molecular formula is C14H16BrNO4. The van der Waals surface area contributed by atoms with Gasteiger partial charge in [0.2, 0.25) is 5.91 Å². The summed E-state index contributed by atoms with van der Waals surface area (Å²) in [5.74, 6) is -0.237. The molecule has 20 heavy (non-hydrogen) atoms. The molecule has 1 aliphatic heterocycles. The van der Waals surface area contributed by atoms with Gasteiger partial charge in [-0.3, -0.25) is 9.59 Å². The Balaban J connectivity index is 2.26. The lowest BCUT2D eigenvalue weighted by Gasteiger charge is -2.27. The van der Waals surface area contributed by atoms with Gasteiger partial charge in [-0.15, -0.1) is 0 Å². The smallest absolute Gasteiger partial charge is 0.305 e. The number of hydrogen-bond donors (Lipinski definition) is 1. The van der Waals surface area contributed by atoms with E-state index in [1.165, 1.54) is 0 Å². The van der Waals surface area contributed by atoms with Crippen LogP contribution in [0.5, 0.6) is 5.75 Å². The van der Waals surface area contributed by atoms with E-state index in [1.807, 2.05) is 0 Å². The molecule has 1 N–H and O–H groups in total. The van der Waals surface area contributed by atoms with Crippen molar-refractivity contribution in [2.75, 3.05) is 13.7 Å². The van der Waals surface area contributed by atoms with Gasteiger partial charge in [-0.1, -0.05) is 28.1 Å². The van der Waals surface area contributed by atoms with Gasteiger partial charge < -0.3 is 14.7 Å². The summed E-state index contributed by atoms with van der Waals surface area (Å²) in [6.07, 6.45) is 0.310. The molecule has 108 valence electrons. The fraction of sp³-hybridized carbons (Fsp3) is 0.429. The second-order valence-corrected chi connectivity index (χ2v) is 6.03. The number of hydrogen-bond acceptors (Lipinski definition) is 3. The van der Waals surface area contributed by atoms with Crippen molar-refractivity contribution in [2.24, 2.45) is 0 Å². The lowest BCUT2D eigenvalue weighted by atomic mass is 10.0. The summed E-state index contributed by atoms with van der Waals surface area (Å²) >= 11 is 3.42. The van der Waals surface area contributed by atoms with Crippen LogP contribution in [0.2, 0.25) is 0 Å². The number of halogens is 1. The SMILES string of the molecule is COc1ccc(C(CC(=O)O)N2CC(Br)CC2=O)cc1. The largest absolute Gasteiger partial charge is 0.497 e. The molecule has 2 rings (SSSR count). The molecule has 1 saturated heterocycles. The molecular weight excluding hydrogens is 326 g/mol. The van der Waals surface area contributed by atoms with E-state index in [2.05, 4.69) is 15.9 Å². The van der Waals surface area contributed by atoms with Gasteiger partial charge in [0.15, 0.2) is 0 Å². The molecule has 1 aliphatic rings. The third-order valence-corrected chi connectivity index (χ3v) is 3.97. The lowest BCUT2D eigenvalue weighted by Crippen LogP contribution is -2.32. The summed E-state index contributed by atoms with van der Waals surface area (Å²) in [6, 6.07) is 6.73. The molecule has 0 spiro atoms. The number of nitrogens with zero attached hydrogens (tertiary/aromatic N) is 1. The number of amides is 1. The maximum absolute atomic E-state index is 12.0. The summed E-state index contributed by atoms with van der Waals surface area (Å²) in [7, 11) is 1.57. The van der Waals surface area contributed by atoms with Crippen molar-refractivity contribution in [3.05, 3.63) is 29.8 Å². The number of methoxy groups -OCH3 is 1. The average Bonchev–Trinajstić information content (AvgIpc) is 2.75. The van der Waals surface area contributed by atoms with Crippen LogP contribution in [0, 0.1) is 0 Å². The van der Waals surface area contributed by atoms with Gasteiger partial charge in [0.1, 0.15) is 5.75 Å². The second kappa shape index (κ2) is 6.26. The van der Waals surface area contributed by atoms with Crippen molar-refractivity contribution in [3.63, 3.8) is 0 Å². The molecule has 0 bridgehead atoms. The number of carboxylic acid groups (broad SMARTS) is 1. The highest BCUT2D eigenvalue weighted by molar-refractivity contribution is 9.09. The Morgan fingerprint density at radius 3 is 2.60 bits per heavy atom. The molecule has 1 fully saturated rings. The fourth-order valence-electron chi connectivity index (χ4n) is 2.39. The van der Waals surface area contributed by atoms with Crippen molar-refractivity contribution >= 4 is 27.8 Å². The van der Waals surface area contributed by atoms with Crippen LogP contribution in [-0.4, -0.2) is 40.4 Å². The van der Waals surface area contributed by atoms with Crippen LogP contribution in [0.1, 0.15) is 24.4 Å². The molecule has 0 aromatic heterocycles. The maximum atomic E-state index is 12.0. The lowest BCUT2D eigenvalue weighted by molar-refractivity contribution is -0.139. The van der Waals surface area contributed by atoms with Gasteiger partial charge in [-0.2, -0.15) is 0 Å². The Morgan fingerprint density at radius 1 is 1.50 bits per heavy atom. The number of benzene rings is 1. The molecule has 5 nitrogen and oxygen atoms in total. The Bertz CT molecular complexity index is 502. The normalized spacial score (nSPS) is 20.0. The first-order valence-corrected chi connectivity index (χ1v) is 7.22. The van der Waals surface area contributed by atoms with Crippen LogP contribution in [-0.2, 0) is 9.59 Å². The molecule has 0 aliphatic carbocycles. The van der Waals surface area contributed by atoms with Crippen molar-refractivity contribution in [3.8, 4) is 5.75 Å². The minimum absolute atomic E-state index is 0.0195. The average molecular weight is 342 g/mol. The molecule has 2 atom stereocenters. The fourth-order valence-corrected chi connectivity index (χ4v) is 2.98. The highest BCUT2D eigenvalue weighted by Crippen LogP contribution is 2.32. The van der Waals surface area contributed by atoms with E-state index in [1.54, 1.807) is 36.3 Å². The minimum atomic E-state index is -0.920. The zero-order chi connectivity index (χ0) is 14.7. The van der Waals surface area contributed by atoms with Crippen LogP contribution in [0.25, 0.3) is 0 Å². The van der Waals surface area contributed by atoms with E-state index in [-0.39, 0.29) is 17.2 Å². The summed E-state index contributed by atoms with van der Waals surface area (Å²) in [4.78, 5) is 24.8. The second-order valence-electron chi connectivity index (χ2n) is 4.73. The van der Waals surface area contributed by atoms with Gasteiger partial charge in [0.05, 0.1) is 19.6 Å². The predicted molar refractivity (Wildman–Crippen MR) is 77.0 cm³/mol. The van der Waals surface area contributed by atoms with Gasteiger partial charge in [-0.25, -0.2) is 0 Å². The van der Waals surface area contributed by atoms with E-state index < -0.39 is 12.0 Å². The number of carbonyl (C=O) groups is 2. The summed E-state index contributed by atoms with van der Waals surface area (Å²) in [5.41, 5.74) is 0.808. The van der Waals surface area contributed by atoms with Crippen molar-refractivity contribution in [1.82, 2.24) is 4.90 Å². The highest BCUT2D eigenvalue weighted by Gasteiger charge is 2.34. The van der Waals surface area contributed by atoms with E-state index in [4.69, 9.17) is 9.84 Å². The summed E-state index contributed by atoms with van der Waals surface area (Å²) < 4.78 is 5.09. The Morgan fingerprint density at radius 2 is 2.15 bits per heavy atom. The van der Waals surface area contributed by atoms with Crippen LogP contribution in [0.15, 0.2) is 24.3 Å². The van der Waals surface area contributed by atoms with E-state index in [9.17, 15) is 9.59 Å². The van der Waals surface area contributed by atoms with E-state index in [0.717, 1.165) is 5.56 Å². The Labute approximate surface area is 125 Å². The molecule has 0 saturated carbocycles. The molecule has 1 aromatic carbocycles. The topological polar surface area (TPSA) is 66.8 Å². The maximum Gasteiger partial charge on any atom is 0.305 e. The zero-order valence-corrected chi connectivity index (χ0v) is 12.7. The highest BCUT2D eigenvalue weighted by atomic mass is 79.9. The predicted octanol–water partition coefficient (Wildman–Crippen LogP) is 2.21. The Kier molecular flexibility index (Phi) is 4.65. The quantitative estimate of drug-likeness (QED) is 0.833. The number of likely N-dealkylation sites (tertiary alicyclic amines) is 1. The summed E-state index contributed by atoms with van der Waals surface area (Å²) in [5, 5.41) is 9.08. The number of rotatable bonds is 5. The number of ether oxygens (including phenoxy) is 1. The minimum Gasteiger partial charge on any atom is -0.497 e. The standard InChI is InChI=1S/C14H16BrNO4/c1-20-11-4-2-9(3-5-11)12(7-14(18)19)16-8-10(15)6-13(16)17/h2-5,10,12H,6-8H2,1H3,(H,18,19). The van der Waals surface area contributed by atoms with Crippen molar-refractivity contribution in [2.45, 2.75) is 23.7 Å². The first kappa shape index (κ1) is 14.8. The van der Waals surface area contributed by atoms with E-state index in [0.29, 0.717) is 18.7 Å². The first-order chi connectivity index (χ1) is 9.51. The molecule has 1 heterocycles. The van der Waals surface area contributed by atoms with E-state index >= 15 is 0 Å². The van der Waals surface area contributed by atoms with Gasteiger partial charge >= 0.3 is 5.97 Å². The molecule has 1 amide bonds.